The second-order valence-corrected chi connectivity index (χ2v) is 6.54. The molecule has 1 amide bonds. The van der Waals surface area contributed by atoms with E-state index in [1.54, 1.807) is 7.11 Å². The number of amides is 1. The molecule has 1 aliphatic heterocycles. The summed E-state index contributed by atoms with van der Waals surface area (Å²) in [4.78, 5) is 14.8. The lowest BCUT2D eigenvalue weighted by atomic mass is 9.68. The van der Waals surface area contributed by atoms with Crippen LogP contribution in [0.3, 0.4) is 0 Å². The summed E-state index contributed by atoms with van der Waals surface area (Å²) >= 11 is 0. The Bertz CT molecular complexity index is 526. The van der Waals surface area contributed by atoms with Gasteiger partial charge in [-0.25, -0.2) is 0 Å². The first-order valence-electron chi connectivity index (χ1n) is 8.35. The van der Waals surface area contributed by atoms with Gasteiger partial charge in [0.25, 0.3) is 0 Å². The lowest BCUT2D eigenvalue weighted by molar-refractivity contribution is -0.140. The molecule has 0 unspecified atom stereocenters. The van der Waals surface area contributed by atoms with Gasteiger partial charge in [-0.1, -0.05) is 24.6 Å². The van der Waals surface area contributed by atoms with Crippen LogP contribution in [0.4, 0.5) is 5.69 Å². The van der Waals surface area contributed by atoms with Crippen LogP contribution in [0.5, 0.6) is 0 Å². The number of carbonyl (C=O) groups excluding carboxylic acids is 1. The molecule has 1 heterocycles. The molecular weight excluding hydrogens is 276 g/mol. The molecule has 0 spiro atoms. The number of methoxy groups -OCH3 is 1. The molecule has 1 N–H and O–H groups in total. The molecule has 4 heteroatoms. The predicted molar refractivity (Wildman–Crippen MR) is 88.1 cm³/mol. The van der Waals surface area contributed by atoms with Crippen molar-refractivity contribution in [2.45, 2.75) is 32.1 Å². The second-order valence-electron chi connectivity index (χ2n) is 6.54. The third kappa shape index (κ3) is 2.98. The van der Waals surface area contributed by atoms with Crippen molar-refractivity contribution in [3.63, 3.8) is 0 Å². The Morgan fingerprint density at radius 1 is 1.32 bits per heavy atom. The number of aryl methyl sites for hydroxylation is 1. The number of benzene rings is 1. The van der Waals surface area contributed by atoms with Gasteiger partial charge in [0.1, 0.15) is 0 Å². The van der Waals surface area contributed by atoms with E-state index in [2.05, 4.69) is 34.5 Å². The van der Waals surface area contributed by atoms with Crippen molar-refractivity contribution in [3.05, 3.63) is 29.8 Å². The number of nitrogens with one attached hydrogen (secondary N) is 1. The van der Waals surface area contributed by atoms with Crippen LogP contribution in [0.15, 0.2) is 24.3 Å². The standard InChI is InChI=1S/C18H26N2O2/c1-22-14-18(9-5-10-18)17(21)19-11-13-20-12-4-7-15-6-2-3-8-16(15)20/h2-3,6,8H,4-5,7,9-14H2,1H3,(H,19,21). The van der Waals surface area contributed by atoms with Crippen LogP contribution in [0.1, 0.15) is 31.2 Å². The summed E-state index contributed by atoms with van der Waals surface area (Å²) < 4.78 is 5.24. The van der Waals surface area contributed by atoms with Gasteiger partial charge in [0, 0.05) is 32.4 Å². The summed E-state index contributed by atoms with van der Waals surface area (Å²) in [5.41, 5.74) is 2.50. The van der Waals surface area contributed by atoms with Crippen LogP contribution >= 0.6 is 0 Å². The molecule has 1 aromatic rings. The number of rotatable bonds is 6. The zero-order valence-corrected chi connectivity index (χ0v) is 13.4. The summed E-state index contributed by atoms with van der Waals surface area (Å²) in [5, 5.41) is 3.13. The van der Waals surface area contributed by atoms with E-state index in [9.17, 15) is 4.79 Å². The van der Waals surface area contributed by atoms with Gasteiger partial charge in [0.15, 0.2) is 0 Å². The van der Waals surface area contributed by atoms with Gasteiger partial charge in [-0.15, -0.1) is 0 Å². The maximum atomic E-state index is 12.4. The highest BCUT2D eigenvalue weighted by molar-refractivity contribution is 5.83. The minimum Gasteiger partial charge on any atom is -0.384 e. The minimum atomic E-state index is -0.255. The van der Waals surface area contributed by atoms with Crippen molar-refractivity contribution in [1.29, 1.82) is 0 Å². The van der Waals surface area contributed by atoms with Gasteiger partial charge in [0.2, 0.25) is 5.91 Å². The highest BCUT2D eigenvalue weighted by Gasteiger charge is 2.43. The van der Waals surface area contributed by atoms with Gasteiger partial charge in [0.05, 0.1) is 12.0 Å². The van der Waals surface area contributed by atoms with Gasteiger partial charge < -0.3 is 15.0 Å². The van der Waals surface area contributed by atoms with E-state index >= 15 is 0 Å². The quantitative estimate of drug-likeness (QED) is 0.877. The molecule has 0 atom stereocenters. The number of hydrogen-bond donors (Lipinski definition) is 1. The lowest BCUT2D eigenvalue weighted by Gasteiger charge is -2.39. The number of anilines is 1. The zero-order chi connectivity index (χ0) is 15.4. The molecule has 0 aromatic heterocycles. The van der Waals surface area contributed by atoms with Gasteiger partial charge >= 0.3 is 0 Å². The Labute approximate surface area is 132 Å². The number of fused-ring (bicyclic) bond motifs is 1. The lowest BCUT2D eigenvalue weighted by Crippen LogP contribution is -2.50. The fourth-order valence-corrected chi connectivity index (χ4v) is 3.65. The number of para-hydroxylation sites is 1. The second kappa shape index (κ2) is 6.69. The van der Waals surface area contributed by atoms with E-state index < -0.39 is 0 Å². The van der Waals surface area contributed by atoms with Crippen molar-refractivity contribution in [2.75, 3.05) is 38.3 Å². The SMILES string of the molecule is COCC1(C(=O)NCCN2CCCc3ccccc32)CCC1. The summed E-state index contributed by atoms with van der Waals surface area (Å²) in [6.45, 7) is 3.21. The van der Waals surface area contributed by atoms with Crippen molar-refractivity contribution >= 4 is 11.6 Å². The predicted octanol–water partition coefficient (Wildman–Crippen LogP) is 2.37. The molecule has 0 bridgehead atoms. The molecule has 3 rings (SSSR count). The van der Waals surface area contributed by atoms with E-state index in [1.165, 1.54) is 17.7 Å². The number of ether oxygens (including phenoxy) is 1. The molecule has 2 aliphatic rings. The summed E-state index contributed by atoms with van der Waals surface area (Å²) in [6.07, 6.45) is 5.41. The number of carbonyl (C=O) groups is 1. The van der Waals surface area contributed by atoms with Gasteiger partial charge in [-0.05, 0) is 37.3 Å². The van der Waals surface area contributed by atoms with Crippen LogP contribution < -0.4 is 10.2 Å². The summed E-state index contributed by atoms with van der Waals surface area (Å²) in [6, 6.07) is 8.60. The first-order chi connectivity index (χ1) is 10.7. The van der Waals surface area contributed by atoms with E-state index in [0.717, 1.165) is 38.8 Å². The molecule has 1 saturated carbocycles. The number of nitrogens with zero attached hydrogens (tertiary/aromatic N) is 1. The maximum absolute atomic E-state index is 12.4. The van der Waals surface area contributed by atoms with Crippen molar-refractivity contribution in [3.8, 4) is 0 Å². The molecule has 22 heavy (non-hydrogen) atoms. The minimum absolute atomic E-state index is 0.172. The molecule has 1 aromatic carbocycles. The molecule has 1 fully saturated rings. The van der Waals surface area contributed by atoms with Gasteiger partial charge in [-0.2, -0.15) is 0 Å². The maximum Gasteiger partial charge on any atom is 0.228 e. The van der Waals surface area contributed by atoms with E-state index in [1.807, 2.05) is 0 Å². The number of hydrogen-bond acceptors (Lipinski definition) is 3. The highest BCUT2D eigenvalue weighted by Crippen LogP contribution is 2.41. The average Bonchev–Trinajstić information content (AvgIpc) is 2.51. The Kier molecular flexibility index (Phi) is 4.67. The zero-order valence-electron chi connectivity index (χ0n) is 13.4. The first kappa shape index (κ1) is 15.3. The Hall–Kier alpha value is -1.55. The van der Waals surface area contributed by atoms with E-state index in [0.29, 0.717) is 13.2 Å². The average molecular weight is 302 g/mol. The normalized spacial score (nSPS) is 19.2. The Morgan fingerprint density at radius 3 is 2.86 bits per heavy atom. The smallest absolute Gasteiger partial charge is 0.228 e. The van der Waals surface area contributed by atoms with Crippen LogP contribution in [0, 0.1) is 5.41 Å². The topological polar surface area (TPSA) is 41.6 Å². The van der Waals surface area contributed by atoms with Crippen molar-refractivity contribution < 1.29 is 9.53 Å². The largest absolute Gasteiger partial charge is 0.384 e. The van der Waals surface area contributed by atoms with E-state index in [-0.39, 0.29) is 11.3 Å². The molecule has 0 radical (unpaired) electrons. The van der Waals surface area contributed by atoms with Gasteiger partial charge in [-0.3, -0.25) is 4.79 Å². The van der Waals surface area contributed by atoms with Crippen LogP contribution in [0.25, 0.3) is 0 Å². The van der Waals surface area contributed by atoms with Crippen LogP contribution in [-0.4, -0.2) is 39.3 Å². The van der Waals surface area contributed by atoms with Crippen molar-refractivity contribution in [1.82, 2.24) is 5.32 Å². The molecule has 0 saturated heterocycles. The van der Waals surface area contributed by atoms with E-state index in [4.69, 9.17) is 4.74 Å². The Morgan fingerprint density at radius 2 is 2.14 bits per heavy atom. The first-order valence-corrected chi connectivity index (χ1v) is 8.35. The van der Waals surface area contributed by atoms with Crippen LogP contribution in [-0.2, 0) is 16.0 Å². The fraction of sp³-hybridized carbons (Fsp3) is 0.611. The summed E-state index contributed by atoms with van der Waals surface area (Å²) in [5.74, 6) is 0.172. The highest BCUT2D eigenvalue weighted by atomic mass is 16.5. The summed E-state index contributed by atoms with van der Waals surface area (Å²) in [7, 11) is 1.68. The third-order valence-corrected chi connectivity index (χ3v) is 5.09. The molecular formula is C18H26N2O2. The Balaban J connectivity index is 1.53. The molecule has 1 aliphatic carbocycles. The molecule has 120 valence electrons. The third-order valence-electron chi connectivity index (χ3n) is 5.09. The fourth-order valence-electron chi connectivity index (χ4n) is 3.65. The molecule has 4 nitrogen and oxygen atoms in total. The monoisotopic (exact) mass is 302 g/mol. The van der Waals surface area contributed by atoms with Crippen LogP contribution in [0.2, 0.25) is 0 Å². The van der Waals surface area contributed by atoms with Crippen molar-refractivity contribution in [2.24, 2.45) is 5.41 Å².